The van der Waals surface area contributed by atoms with E-state index in [0.717, 1.165) is 0 Å². The van der Waals surface area contributed by atoms with Crippen LogP contribution in [0.1, 0.15) is 6.92 Å². The van der Waals surface area contributed by atoms with Crippen LogP contribution in [-0.2, 0) is 4.79 Å². The van der Waals surface area contributed by atoms with Crippen LogP contribution < -0.4 is 10.1 Å². The molecule has 2 aromatic rings. The maximum atomic E-state index is 12.2. The molecule has 1 N–H and O–H groups in total. The Bertz CT molecular complexity index is 732. The van der Waals surface area contributed by atoms with Gasteiger partial charge in [0.05, 0.1) is 20.7 Å². The first-order chi connectivity index (χ1) is 10.9. The number of amides is 1. The van der Waals surface area contributed by atoms with Crippen molar-refractivity contribution in [3.05, 3.63) is 62.6 Å². The van der Waals surface area contributed by atoms with Crippen LogP contribution in [0.4, 0.5) is 11.4 Å². The summed E-state index contributed by atoms with van der Waals surface area (Å²) in [5.74, 6) is -0.524. The number of nitrogens with zero attached hydrogens (tertiary/aromatic N) is 1. The van der Waals surface area contributed by atoms with Gasteiger partial charge in [0.2, 0.25) is 0 Å². The number of hydrogen-bond donors (Lipinski definition) is 1. The SMILES string of the molecule is CC(Oc1ccccc1[N+](=O)[O-])C(=O)Nc1c(Cl)cccc1Cl. The highest BCUT2D eigenvalue weighted by molar-refractivity contribution is 6.39. The van der Waals surface area contributed by atoms with E-state index >= 15 is 0 Å². The molecule has 8 heteroatoms. The molecule has 0 aliphatic heterocycles. The molecular weight excluding hydrogens is 343 g/mol. The van der Waals surface area contributed by atoms with E-state index in [-0.39, 0.29) is 27.2 Å². The average molecular weight is 355 g/mol. The lowest BCUT2D eigenvalue weighted by Gasteiger charge is -2.16. The zero-order chi connectivity index (χ0) is 17.0. The topological polar surface area (TPSA) is 81.5 Å². The Morgan fingerprint density at radius 1 is 1.17 bits per heavy atom. The lowest BCUT2D eigenvalue weighted by atomic mass is 10.2. The molecule has 0 bridgehead atoms. The number of para-hydroxylation sites is 3. The number of halogens is 2. The molecule has 0 aliphatic rings. The summed E-state index contributed by atoms with van der Waals surface area (Å²) in [5, 5.41) is 14.1. The maximum Gasteiger partial charge on any atom is 0.310 e. The third-order valence-electron chi connectivity index (χ3n) is 2.95. The first kappa shape index (κ1) is 17.1. The van der Waals surface area contributed by atoms with Crippen molar-refractivity contribution in [1.29, 1.82) is 0 Å². The second-order valence-corrected chi connectivity index (χ2v) is 5.39. The van der Waals surface area contributed by atoms with Crippen LogP contribution in [0.3, 0.4) is 0 Å². The zero-order valence-corrected chi connectivity index (χ0v) is 13.5. The molecule has 0 aliphatic carbocycles. The highest BCUT2D eigenvalue weighted by atomic mass is 35.5. The second kappa shape index (κ2) is 7.30. The lowest BCUT2D eigenvalue weighted by molar-refractivity contribution is -0.386. The molecule has 2 rings (SSSR count). The molecular formula is C15H12Cl2N2O4. The lowest BCUT2D eigenvalue weighted by Crippen LogP contribution is -2.30. The van der Waals surface area contributed by atoms with Crippen molar-refractivity contribution in [2.45, 2.75) is 13.0 Å². The molecule has 0 spiro atoms. The number of ether oxygens (including phenoxy) is 1. The smallest absolute Gasteiger partial charge is 0.310 e. The summed E-state index contributed by atoms with van der Waals surface area (Å²) in [6.45, 7) is 1.47. The van der Waals surface area contributed by atoms with Gasteiger partial charge in [0, 0.05) is 6.07 Å². The fourth-order valence-electron chi connectivity index (χ4n) is 1.79. The van der Waals surface area contributed by atoms with Crippen molar-refractivity contribution < 1.29 is 14.5 Å². The largest absolute Gasteiger partial charge is 0.474 e. The molecule has 120 valence electrons. The van der Waals surface area contributed by atoms with Crippen molar-refractivity contribution in [2.75, 3.05) is 5.32 Å². The molecule has 0 radical (unpaired) electrons. The number of anilines is 1. The number of carbonyl (C=O) groups excluding carboxylic acids is 1. The molecule has 23 heavy (non-hydrogen) atoms. The number of hydrogen-bond acceptors (Lipinski definition) is 4. The fraction of sp³-hybridized carbons (Fsp3) is 0.133. The Balaban J connectivity index is 2.14. The summed E-state index contributed by atoms with van der Waals surface area (Å²) >= 11 is 12.0. The summed E-state index contributed by atoms with van der Waals surface area (Å²) < 4.78 is 5.38. The molecule has 0 fully saturated rings. The average Bonchev–Trinajstić information content (AvgIpc) is 2.51. The first-order valence-corrected chi connectivity index (χ1v) is 7.30. The maximum absolute atomic E-state index is 12.2. The summed E-state index contributed by atoms with van der Waals surface area (Å²) in [7, 11) is 0. The molecule has 0 heterocycles. The van der Waals surface area contributed by atoms with Crippen molar-refractivity contribution >= 4 is 40.5 Å². The molecule has 0 aromatic heterocycles. The van der Waals surface area contributed by atoms with E-state index in [2.05, 4.69) is 5.32 Å². The number of carbonyl (C=O) groups is 1. The minimum absolute atomic E-state index is 0.00501. The van der Waals surface area contributed by atoms with Gasteiger partial charge in [-0.25, -0.2) is 0 Å². The third kappa shape index (κ3) is 4.12. The molecule has 6 nitrogen and oxygen atoms in total. The van der Waals surface area contributed by atoms with Gasteiger partial charge in [-0.2, -0.15) is 0 Å². The van der Waals surface area contributed by atoms with Gasteiger partial charge in [-0.05, 0) is 25.1 Å². The van der Waals surface area contributed by atoms with Crippen molar-refractivity contribution in [3.8, 4) is 5.75 Å². The zero-order valence-electron chi connectivity index (χ0n) is 12.0. The van der Waals surface area contributed by atoms with E-state index in [0.29, 0.717) is 0 Å². The Morgan fingerprint density at radius 3 is 2.39 bits per heavy atom. The van der Waals surface area contributed by atoms with E-state index in [4.69, 9.17) is 27.9 Å². The van der Waals surface area contributed by atoms with Gasteiger partial charge in [-0.15, -0.1) is 0 Å². The Hall–Kier alpha value is -2.31. The monoisotopic (exact) mass is 354 g/mol. The summed E-state index contributed by atoms with van der Waals surface area (Å²) in [6, 6.07) is 10.6. The van der Waals surface area contributed by atoms with Gasteiger partial charge in [0.1, 0.15) is 0 Å². The highest BCUT2D eigenvalue weighted by Gasteiger charge is 2.21. The second-order valence-electron chi connectivity index (χ2n) is 4.57. The van der Waals surface area contributed by atoms with Gasteiger partial charge in [-0.1, -0.05) is 41.4 Å². The summed E-state index contributed by atoms with van der Waals surface area (Å²) in [4.78, 5) is 22.5. The Kier molecular flexibility index (Phi) is 5.41. The predicted molar refractivity (Wildman–Crippen MR) is 88.3 cm³/mol. The predicted octanol–water partition coefficient (Wildman–Crippen LogP) is 4.31. The van der Waals surface area contributed by atoms with E-state index in [9.17, 15) is 14.9 Å². The minimum Gasteiger partial charge on any atom is -0.474 e. The van der Waals surface area contributed by atoms with Crippen LogP contribution in [-0.4, -0.2) is 16.9 Å². The standard InChI is InChI=1S/C15H12Cl2N2O4/c1-9(23-13-8-3-2-7-12(13)19(21)22)15(20)18-14-10(16)5-4-6-11(14)17/h2-9H,1H3,(H,18,20). The summed E-state index contributed by atoms with van der Waals surface area (Å²) in [6.07, 6.45) is -0.983. The van der Waals surface area contributed by atoms with Crippen molar-refractivity contribution in [1.82, 2.24) is 0 Å². The van der Waals surface area contributed by atoms with Gasteiger partial charge in [0.15, 0.2) is 11.9 Å². The molecule has 1 amide bonds. The van der Waals surface area contributed by atoms with Gasteiger partial charge < -0.3 is 10.1 Å². The molecule has 0 saturated heterocycles. The van der Waals surface area contributed by atoms with Crippen LogP contribution in [0.15, 0.2) is 42.5 Å². The number of rotatable bonds is 5. The highest BCUT2D eigenvalue weighted by Crippen LogP contribution is 2.31. The molecule has 0 saturated carbocycles. The van der Waals surface area contributed by atoms with E-state index in [1.165, 1.54) is 25.1 Å². The van der Waals surface area contributed by atoms with Crippen LogP contribution in [0.25, 0.3) is 0 Å². The summed E-state index contributed by atoms with van der Waals surface area (Å²) in [5.41, 5.74) is 0.0433. The Morgan fingerprint density at radius 2 is 1.78 bits per heavy atom. The van der Waals surface area contributed by atoms with Crippen LogP contribution >= 0.6 is 23.2 Å². The van der Waals surface area contributed by atoms with Gasteiger partial charge in [0.25, 0.3) is 5.91 Å². The number of nitrogens with one attached hydrogen (secondary N) is 1. The fourth-order valence-corrected chi connectivity index (χ4v) is 2.29. The normalized spacial score (nSPS) is 11.6. The molecule has 1 unspecified atom stereocenters. The minimum atomic E-state index is -0.983. The van der Waals surface area contributed by atoms with E-state index in [1.807, 2.05) is 0 Å². The number of nitro groups is 1. The van der Waals surface area contributed by atoms with E-state index < -0.39 is 16.9 Å². The van der Waals surface area contributed by atoms with Gasteiger partial charge in [-0.3, -0.25) is 14.9 Å². The quantitative estimate of drug-likeness (QED) is 0.640. The van der Waals surface area contributed by atoms with Crippen LogP contribution in [0.2, 0.25) is 10.0 Å². The van der Waals surface area contributed by atoms with Crippen molar-refractivity contribution in [3.63, 3.8) is 0 Å². The van der Waals surface area contributed by atoms with Crippen molar-refractivity contribution in [2.24, 2.45) is 0 Å². The number of nitro benzene ring substituents is 1. The van der Waals surface area contributed by atoms with Crippen LogP contribution in [0.5, 0.6) is 5.75 Å². The number of benzene rings is 2. The third-order valence-corrected chi connectivity index (χ3v) is 3.58. The molecule has 1 atom stereocenters. The van der Waals surface area contributed by atoms with Crippen LogP contribution in [0, 0.1) is 10.1 Å². The van der Waals surface area contributed by atoms with E-state index in [1.54, 1.807) is 24.3 Å². The molecule has 2 aromatic carbocycles. The van der Waals surface area contributed by atoms with Gasteiger partial charge >= 0.3 is 5.69 Å². The Labute approximate surface area is 142 Å². The first-order valence-electron chi connectivity index (χ1n) is 6.55.